The van der Waals surface area contributed by atoms with Gasteiger partial charge in [-0.1, -0.05) is 17.7 Å². The molecule has 0 aromatic heterocycles. The summed E-state index contributed by atoms with van der Waals surface area (Å²) in [5.41, 5.74) is 5.50. The molecule has 0 aliphatic heterocycles. The summed E-state index contributed by atoms with van der Waals surface area (Å²) in [7, 11) is 0. The Bertz CT molecular complexity index is 343. The van der Waals surface area contributed by atoms with Crippen LogP contribution in [0.4, 0.5) is 0 Å². The summed E-state index contributed by atoms with van der Waals surface area (Å²) in [6, 6.07) is 4.49. The van der Waals surface area contributed by atoms with Crippen molar-refractivity contribution >= 4 is 11.6 Å². The van der Waals surface area contributed by atoms with E-state index in [1.54, 1.807) is 0 Å². The first-order valence-corrected chi connectivity index (χ1v) is 7.09. The first kappa shape index (κ1) is 15.5. The van der Waals surface area contributed by atoms with Crippen LogP contribution in [-0.4, -0.2) is 25.6 Å². The normalized spacial score (nSPS) is 10.9. The quantitative estimate of drug-likeness (QED) is 0.577. The topological polar surface area (TPSA) is 21.3 Å². The molecule has 0 heterocycles. The van der Waals surface area contributed by atoms with Crippen molar-refractivity contribution in [3.05, 3.63) is 34.4 Å². The fourth-order valence-corrected chi connectivity index (χ4v) is 2.27. The van der Waals surface area contributed by atoms with Crippen molar-refractivity contribution in [1.29, 1.82) is 0 Å². The molecule has 3 heteroatoms. The van der Waals surface area contributed by atoms with E-state index in [4.69, 9.17) is 16.3 Å². The van der Waals surface area contributed by atoms with E-state index in [-0.39, 0.29) is 0 Å². The first-order valence-electron chi connectivity index (χ1n) is 6.56. The molecule has 1 aromatic carbocycles. The van der Waals surface area contributed by atoms with Crippen LogP contribution in [0.3, 0.4) is 0 Å². The van der Waals surface area contributed by atoms with Gasteiger partial charge in [-0.05, 0) is 50.4 Å². The van der Waals surface area contributed by atoms with Crippen molar-refractivity contribution in [2.75, 3.05) is 25.6 Å². The Morgan fingerprint density at radius 3 is 2.39 bits per heavy atom. The molecule has 0 aliphatic carbocycles. The van der Waals surface area contributed by atoms with E-state index < -0.39 is 0 Å². The highest BCUT2D eigenvalue weighted by Gasteiger charge is 2.02. The number of halogens is 1. The Hall–Kier alpha value is -0.570. The lowest BCUT2D eigenvalue weighted by atomic mass is 10.00. The highest BCUT2D eigenvalue weighted by molar-refractivity contribution is 6.17. The molecule has 18 heavy (non-hydrogen) atoms. The summed E-state index contributed by atoms with van der Waals surface area (Å²) in [4.78, 5) is 0. The van der Waals surface area contributed by atoms with Crippen LogP contribution in [0.25, 0.3) is 0 Å². The molecule has 0 radical (unpaired) electrons. The summed E-state index contributed by atoms with van der Waals surface area (Å²) >= 11 is 5.53. The fraction of sp³-hybridized carbons (Fsp3) is 0.600. The lowest BCUT2D eigenvalue weighted by molar-refractivity contribution is 0.146. The second-order valence-corrected chi connectivity index (χ2v) is 5.09. The van der Waals surface area contributed by atoms with E-state index in [0.717, 1.165) is 26.1 Å². The van der Waals surface area contributed by atoms with Gasteiger partial charge in [-0.25, -0.2) is 0 Å². The predicted octanol–water partition coefficient (Wildman–Crippen LogP) is 3.35. The molecule has 1 N–H and O–H groups in total. The van der Waals surface area contributed by atoms with Crippen LogP contribution < -0.4 is 5.32 Å². The number of hydrogen-bond acceptors (Lipinski definition) is 2. The van der Waals surface area contributed by atoms with Crippen LogP contribution >= 0.6 is 11.6 Å². The minimum Gasteiger partial charge on any atom is -0.380 e. The third-order valence-electron chi connectivity index (χ3n) is 3.01. The SMILES string of the molecule is Cc1cc(C)c(CNCCCOCCCl)c(C)c1. The summed E-state index contributed by atoms with van der Waals surface area (Å²) < 4.78 is 5.33. The molecule has 0 bridgehead atoms. The van der Waals surface area contributed by atoms with Gasteiger partial charge in [0.2, 0.25) is 0 Å². The smallest absolute Gasteiger partial charge is 0.0601 e. The molecule has 0 saturated heterocycles. The number of rotatable bonds is 8. The largest absolute Gasteiger partial charge is 0.380 e. The molecule has 0 amide bonds. The van der Waals surface area contributed by atoms with Gasteiger partial charge in [-0.15, -0.1) is 11.6 Å². The Labute approximate surface area is 116 Å². The predicted molar refractivity (Wildman–Crippen MR) is 78.5 cm³/mol. The monoisotopic (exact) mass is 269 g/mol. The maximum Gasteiger partial charge on any atom is 0.0601 e. The van der Waals surface area contributed by atoms with Gasteiger partial charge in [-0.2, -0.15) is 0 Å². The van der Waals surface area contributed by atoms with Crippen molar-refractivity contribution in [2.45, 2.75) is 33.7 Å². The Kier molecular flexibility index (Phi) is 7.33. The number of hydrogen-bond donors (Lipinski definition) is 1. The van der Waals surface area contributed by atoms with Crippen LogP contribution in [0.2, 0.25) is 0 Å². The summed E-state index contributed by atoms with van der Waals surface area (Å²) in [6.07, 6.45) is 1.03. The molecule has 1 aromatic rings. The van der Waals surface area contributed by atoms with Gasteiger partial charge in [-0.3, -0.25) is 0 Å². The molecule has 2 nitrogen and oxygen atoms in total. The minimum absolute atomic E-state index is 0.579. The van der Waals surface area contributed by atoms with Crippen LogP contribution in [0.5, 0.6) is 0 Å². The highest BCUT2D eigenvalue weighted by Crippen LogP contribution is 2.15. The number of ether oxygens (including phenoxy) is 1. The number of benzene rings is 1. The standard InChI is InChI=1S/C15H24ClNO/c1-12-9-13(2)15(14(3)10-12)11-17-6-4-7-18-8-5-16/h9-10,17H,4-8,11H2,1-3H3. The third-order valence-corrected chi connectivity index (χ3v) is 3.16. The molecule has 0 unspecified atom stereocenters. The molecule has 1 rings (SSSR count). The fourth-order valence-electron chi connectivity index (χ4n) is 2.16. The second-order valence-electron chi connectivity index (χ2n) is 4.71. The lowest BCUT2D eigenvalue weighted by Gasteiger charge is -2.12. The maximum atomic E-state index is 5.53. The van der Waals surface area contributed by atoms with E-state index >= 15 is 0 Å². The molecule has 0 saturated carbocycles. The highest BCUT2D eigenvalue weighted by atomic mass is 35.5. The summed E-state index contributed by atoms with van der Waals surface area (Å²) in [6.45, 7) is 9.86. The van der Waals surface area contributed by atoms with Gasteiger partial charge in [0, 0.05) is 19.0 Å². The molecule has 0 spiro atoms. The Morgan fingerprint density at radius 1 is 1.11 bits per heavy atom. The Morgan fingerprint density at radius 2 is 1.78 bits per heavy atom. The molecular formula is C15H24ClNO. The zero-order valence-electron chi connectivity index (χ0n) is 11.7. The maximum absolute atomic E-state index is 5.53. The van der Waals surface area contributed by atoms with E-state index in [1.165, 1.54) is 22.3 Å². The second kappa shape index (κ2) is 8.52. The summed E-state index contributed by atoms with van der Waals surface area (Å²) in [5, 5.41) is 3.47. The van der Waals surface area contributed by atoms with E-state index in [9.17, 15) is 0 Å². The van der Waals surface area contributed by atoms with Crippen LogP contribution in [-0.2, 0) is 11.3 Å². The first-order chi connectivity index (χ1) is 8.65. The molecular weight excluding hydrogens is 246 g/mol. The Balaban J connectivity index is 2.27. The van der Waals surface area contributed by atoms with Crippen LogP contribution in [0.15, 0.2) is 12.1 Å². The van der Waals surface area contributed by atoms with Gasteiger partial charge in [0.15, 0.2) is 0 Å². The minimum atomic E-state index is 0.579. The number of aryl methyl sites for hydroxylation is 3. The summed E-state index contributed by atoms with van der Waals surface area (Å²) in [5.74, 6) is 0.579. The molecule has 0 fully saturated rings. The van der Waals surface area contributed by atoms with E-state index in [2.05, 4.69) is 38.2 Å². The van der Waals surface area contributed by atoms with Gasteiger partial charge >= 0.3 is 0 Å². The average Bonchev–Trinajstić information content (AvgIpc) is 2.30. The van der Waals surface area contributed by atoms with Gasteiger partial charge < -0.3 is 10.1 Å². The van der Waals surface area contributed by atoms with Crippen LogP contribution in [0.1, 0.15) is 28.7 Å². The van der Waals surface area contributed by atoms with Crippen molar-refractivity contribution < 1.29 is 4.74 Å². The molecule has 102 valence electrons. The van der Waals surface area contributed by atoms with Crippen molar-refractivity contribution in [3.63, 3.8) is 0 Å². The third kappa shape index (κ3) is 5.38. The van der Waals surface area contributed by atoms with Gasteiger partial charge in [0.25, 0.3) is 0 Å². The number of alkyl halides is 1. The van der Waals surface area contributed by atoms with Crippen molar-refractivity contribution in [1.82, 2.24) is 5.32 Å². The van der Waals surface area contributed by atoms with E-state index in [1.807, 2.05) is 0 Å². The average molecular weight is 270 g/mol. The lowest BCUT2D eigenvalue weighted by Crippen LogP contribution is -2.18. The molecule has 0 atom stereocenters. The van der Waals surface area contributed by atoms with E-state index in [0.29, 0.717) is 12.5 Å². The molecule has 0 aliphatic rings. The zero-order valence-corrected chi connectivity index (χ0v) is 12.4. The zero-order chi connectivity index (χ0) is 13.4. The number of nitrogens with one attached hydrogen (secondary N) is 1. The van der Waals surface area contributed by atoms with Gasteiger partial charge in [0.05, 0.1) is 6.61 Å². The van der Waals surface area contributed by atoms with Crippen LogP contribution in [0, 0.1) is 20.8 Å². The van der Waals surface area contributed by atoms with Crippen molar-refractivity contribution in [3.8, 4) is 0 Å². The van der Waals surface area contributed by atoms with Crippen molar-refractivity contribution in [2.24, 2.45) is 0 Å². The van der Waals surface area contributed by atoms with Gasteiger partial charge in [0.1, 0.15) is 0 Å².